The zero-order chi connectivity index (χ0) is 14.5. The molecule has 2 aromatic rings. The number of halogens is 1. The monoisotopic (exact) mass is 280 g/mol. The number of hydrogen-bond donors (Lipinski definition) is 1. The van der Waals surface area contributed by atoms with Crippen LogP contribution in [0.4, 0.5) is 4.39 Å². The van der Waals surface area contributed by atoms with Crippen LogP contribution in [0.1, 0.15) is 18.7 Å². The van der Waals surface area contributed by atoms with Gasteiger partial charge in [-0.3, -0.25) is 4.79 Å². The third-order valence-electron chi connectivity index (χ3n) is 2.65. The third kappa shape index (κ3) is 3.31. The number of carboxylic acid groups (broad SMARTS) is 1. The number of aliphatic carboxylic acids is 1. The highest BCUT2D eigenvalue weighted by atomic mass is 19.1. The van der Waals surface area contributed by atoms with E-state index in [1.807, 2.05) is 0 Å². The van der Waals surface area contributed by atoms with Gasteiger partial charge in [0.1, 0.15) is 11.6 Å². The first-order valence-corrected chi connectivity index (χ1v) is 5.98. The van der Waals surface area contributed by atoms with E-state index in [-0.39, 0.29) is 23.8 Å². The number of ether oxygens (including phenoxy) is 1. The van der Waals surface area contributed by atoms with E-state index in [0.29, 0.717) is 18.6 Å². The molecule has 1 heterocycles. The van der Waals surface area contributed by atoms with Crippen LogP contribution in [-0.2, 0) is 11.2 Å². The lowest BCUT2D eigenvalue weighted by atomic mass is 10.2. The number of methoxy groups -OCH3 is 1. The second-order valence-electron chi connectivity index (χ2n) is 4.09. The summed E-state index contributed by atoms with van der Waals surface area (Å²) in [6.45, 7) is 0. The fourth-order valence-corrected chi connectivity index (χ4v) is 1.65. The number of benzene rings is 1. The molecule has 20 heavy (non-hydrogen) atoms. The van der Waals surface area contributed by atoms with Crippen LogP contribution >= 0.6 is 0 Å². The van der Waals surface area contributed by atoms with Gasteiger partial charge in [-0.15, -0.1) is 10.2 Å². The van der Waals surface area contributed by atoms with Gasteiger partial charge >= 0.3 is 5.97 Å². The zero-order valence-corrected chi connectivity index (χ0v) is 10.8. The molecule has 106 valence electrons. The highest BCUT2D eigenvalue weighted by molar-refractivity contribution is 5.66. The quantitative estimate of drug-likeness (QED) is 0.873. The van der Waals surface area contributed by atoms with Gasteiger partial charge in [0.2, 0.25) is 5.89 Å². The minimum atomic E-state index is -0.883. The largest absolute Gasteiger partial charge is 0.497 e. The molecule has 7 heteroatoms. The molecule has 1 aromatic heterocycles. The summed E-state index contributed by atoms with van der Waals surface area (Å²) >= 11 is 0. The first-order valence-electron chi connectivity index (χ1n) is 5.98. The van der Waals surface area contributed by atoms with Crippen LogP contribution in [0, 0.1) is 5.82 Å². The molecule has 0 unspecified atom stereocenters. The van der Waals surface area contributed by atoms with E-state index in [2.05, 4.69) is 10.2 Å². The molecule has 0 spiro atoms. The Morgan fingerprint density at radius 2 is 2.25 bits per heavy atom. The lowest BCUT2D eigenvalue weighted by Crippen LogP contribution is -1.95. The molecule has 0 atom stereocenters. The Bertz CT molecular complexity index is 612. The Labute approximate surface area is 114 Å². The summed E-state index contributed by atoms with van der Waals surface area (Å²) in [6, 6.07) is 4.30. The van der Waals surface area contributed by atoms with Gasteiger partial charge in [-0.1, -0.05) is 0 Å². The molecule has 0 saturated heterocycles. The molecule has 0 aliphatic carbocycles. The molecule has 2 rings (SSSR count). The molecule has 0 aliphatic heterocycles. The maximum Gasteiger partial charge on any atom is 0.303 e. The van der Waals surface area contributed by atoms with Crippen molar-refractivity contribution in [2.45, 2.75) is 19.3 Å². The molecule has 1 N–H and O–H groups in total. The highest BCUT2D eigenvalue weighted by Gasteiger charge is 2.14. The first kappa shape index (κ1) is 14.0. The summed E-state index contributed by atoms with van der Waals surface area (Å²) in [6.07, 6.45) is 0.758. The summed E-state index contributed by atoms with van der Waals surface area (Å²) in [7, 11) is 1.45. The van der Waals surface area contributed by atoms with E-state index in [1.165, 1.54) is 19.2 Å². The maximum absolute atomic E-state index is 13.8. The van der Waals surface area contributed by atoms with Gasteiger partial charge in [-0.05, 0) is 18.6 Å². The number of hydrogen-bond acceptors (Lipinski definition) is 5. The second kappa shape index (κ2) is 6.14. The van der Waals surface area contributed by atoms with Crippen LogP contribution < -0.4 is 4.74 Å². The second-order valence-corrected chi connectivity index (χ2v) is 4.09. The molecule has 6 nitrogen and oxygen atoms in total. The van der Waals surface area contributed by atoms with Crippen molar-refractivity contribution in [2.75, 3.05) is 7.11 Å². The van der Waals surface area contributed by atoms with Crippen molar-refractivity contribution in [1.29, 1.82) is 0 Å². The van der Waals surface area contributed by atoms with Gasteiger partial charge < -0.3 is 14.3 Å². The van der Waals surface area contributed by atoms with Gasteiger partial charge in [0.05, 0.1) is 12.7 Å². The third-order valence-corrected chi connectivity index (χ3v) is 2.65. The van der Waals surface area contributed by atoms with Crippen LogP contribution in [0.15, 0.2) is 22.6 Å². The molecule has 0 amide bonds. The average Bonchev–Trinajstić information content (AvgIpc) is 2.86. The van der Waals surface area contributed by atoms with Crippen LogP contribution in [0.2, 0.25) is 0 Å². The molecule has 1 aromatic carbocycles. The lowest BCUT2D eigenvalue weighted by molar-refractivity contribution is -0.137. The highest BCUT2D eigenvalue weighted by Crippen LogP contribution is 2.25. The number of nitrogens with zero attached hydrogens (tertiary/aromatic N) is 2. The lowest BCUT2D eigenvalue weighted by Gasteiger charge is -2.01. The Kier molecular flexibility index (Phi) is 4.29. The fourth-order valence-electron chi connectivity index (χ4n) is 1.65. The number of rotatable bonds is 6. The van der Waals surface area contributed by atoms with E-state index in [0.717, 1.165) is 0 Å². The maximum atomic E-state index is 13.8. The number of carboxylic acids is 1. The average molecular weight is 280 g/mol. The van der Waals surface area contributed by atoms with Crippen molar-refractivity contribution >= 4 is 5.97 Å². The normalized spacial score (nSPS) is 10.5. The van der Waals surface area contributed by atoms with E-state index in [1.54, 1.807) is 6.07 Å². The smallest absolute Gasteiger partial charge is 0.303 e. The molecule has 0 saturated carbocycles. The van der Waals surface area contributed by atoms with Gasteiger partial charge in [0, 0.05) is 18.9 Å². The fraction of sp³-hybridized carbons (Fsp3) is 0.308. The van der Waals surface area contributed by atoms with E-state index in [4.69, 9.17) is 14.3 Å². The zero-order valence-electron chi connectivity index (χ0n) is 10.8. The SMILES string of the molecule is COc1ccc(-c2nnc(CCCC(=O)O)o2)c(F)c1. The van der Waals surface area contributed by atoms with Crippen LogP contribution in [0.5, 0.6) is 5.75 Å². The first-order chi connectivity index (χ1) is 9.60. The van der Waals surface area contributed by atoms with Crippen LogP contribution in [0.3, 0.4) is 0 Å². The number of aryl methyl sites for hydroxylation is 1. The van der Waals surface area contributed by atoms with Gasteiger partial charge in [-0.25, -0.2) is 4.39 Å². The summed E-state index contributed by atoms with van der Waals surface area (Å²) in [4.78, 5) is 10.4. The molecule has 0 bridgehead atoms. The predicted molar refractivity (Wildman–Crippen MR) is 66.8 cm³/mol. The summed E-state index contributed by atoms with van der Waals surface area (Å²) < 4.78 is 24.0. The van der Waals surface area contributed by atoms with Crippen molar-refractivity contribution in [3.8, 4) is 17.2 Å². The standard InChI is InChI=1S/C13H13FN2O4/c1-19-8-5-6-9(10(14)7-8)13-16-15-11(20-13)3-2-4-12(17)18/h5-7H,2-4H2,1H3,(H,17,18). The molecule has 0 aliphatic rings. The molecule has 0 radical (unpaired) electrons. The number of carbonyl (C=O) groups is 1. The Hall–Kier alpha value is -2.44. The van der Waals surface area contributed by atoms with E-state index < -0.39 is 11.8 Å². The van der Waals surface area contributed by atoms with Crippen molar-refractivity contribution in [3.63, 3.8) is 0 Å². The molecular formula is C13H13FN2O4. The van der Waals surface area contributed by atoms with Crippen molar-refractivity contribution in [3.05, 3.63) is 29.9 Å². The van der Waals surface area contributed by atoms with Crippen molar-refractivity contribution in [2.24, 2.45) is 0 Å². The van der Waals surface area contributed by atoms with Gasteiger partial charge in [0.25, 0.3) is 5.89 Å². The minimum absolute atomic E-state index is 0.0224. The summed E-state index contributed by atoms with van der Waals surface area (Å²) in [5, 5.41) is 16.1. The minimum Gasteiger partial charge on any atom is -0.497 e. The topological polar surface area (TPSA) is 85.5 Å². The van der Waals surface area contributed by atoms with Gasteiger partial charge in [0.15, 0.2) is 0 Å². The molecular weight excluding hydrogens is 267 g/mol. The van der Waals surface area contributed by atoms with E-state index >= 15 is 0 Å². The van der Waals surface area contributed by atoms with Gasteiger partial charge in [-0.2, -0.15) is 0 Å². The van der Waals surface area contributed by atoms with Crippen LogP contribution in [0.25, 0.3) is 11.5 Å². The number of aromatic nitrogens is 2. The Morgan fingerprint density at radius 1 is 1.45 bits per heavy atom. The van der Waals surface area contributed by atoms with Crippen molar-refractivity contribution in [1.82, 2.24) is 10.2 Å². The summed E-state index contributed by atoms with van der Waals surface area (Å²) in [5.41, 5.74) is 0.183. The Balaban J connectivity index is 2.10. The Morgan fingerprint density at radius 3 is 2.90 bits per heavy atom. The van der Waals surface area contributed by atoms with Crippen molar-refractivity contribution < 1.29 is 23.4 Å². The van der Waals surface area contributed by atoms with E-state index in [9.17, 15) is 9.18 Å². The van der Waals surface area contributed by atoms with Crippen LogP contribution in [-0.4, -0.2) is 28.4 Å². The molecule has 0 fully saturated rings. The predicted octanol–water partition coefficient (Wildman–Crippen LogP) is 2.29. The summed E-state index contributed by atoms with van der Waals surface area (Å²) in [5.74, 6) is -0.657.